The maximum atomic E-state index is 11.9. The quantitative estimate of drug-likeness (QED) is 0.691. The summed E-state index contributed by atoms with van der Waals surface area (Å²) in [5.74, 6) is 0.462. The Morgan fingerprint density at radius 3 is 2.65 bits per heavy atom. The van der Waals surface area contributed by atoms with Crippen molar-refractivity contribution < 1.29 is 9.53 Å². The van der Waals surface area contributed by atoms with Crippen LogP contribution in [-0.4, -0.2) is 12.1 Å². The lowest BCUT2D eigenvalue weighted by Gasteiger charge is -2.33. The molecule has 1 unspecified atom stereocenters. The lowest BCUT2D eigenvalue weighted by atomic mass is 9.81. The van der Waals surface area contributed by atoms with E-state index in [0.29, 0.717) is 5.92 Å². The first-order valence-electron chi connectivity index (χ1n) is 6.63. The molecule has 2 heteroatoms. The predicted octanol–water partition coefficient (Wildman–Crippen LogP) is 3.35. The molecule has 0 bridgehead atoms. The summed E-state index contributed by atoms with van der Waals surface area (Å²) < 4.78 is 5.61. The van der Waals surface area contributed by atoms with Gasteiger partial charge in [-0.05, 0) is 30.4 Å². The van der Waals surface area contributed by atoms with E-state index in [9.17, 15) is 4.79 Å². The zero-order valence-electron chi connectivity index (χ0n) is 10.0. The molecule has 0 amide bonds. The molecule has 0 saturated heterocycles. The van der Waals surface area contributed by atoms with Crippen LogP contribution in [-0.2, 0) is 11.2 Å². The number of hydrogen-bond donors (Lipinski definition) is 0. The summed E-state index contributed by atoms with van der Waals surface area (Å²) in [7, 11) is 0. The summed E-state index contributed by atoms with van der Waals surface area (Å²) in [6.45, 7) is 0. The van der Waals surface area contributed by atoms with E-state index in [0.717, 1.165) is 12.0 Å². The van der Waals surface area contributed by atoms with Gasteiger partial charge in [0.1, 0.15) is 6.10 Å². The van der Waals surface area contributed by atoms with Gasteiger partial charge in [-0.3, -0.25) is 0 Å². The van der Waals surface area contributed by atoms with Gasteiger partial charge in [0.05, 0.1) is 5.56 Å². The number of carbonyl (C=O) groups excluding carboxylic acids is 1. The zero-order valence-corrected chi connectivity index (χ0v) is 10.0. The van der Waals surface area contributed by atoms with E-state index < -0.39 is 0 Å². The molecule has 2 nitrogen and oxygen atoms in total. The van der Waals surface area contributed by atoms with Gasteiger partial charge in [0.15, 0.2) is 0 Å². The number of carbonyl (C=O) groups is 1. The second-order valence-electron chi connectivity index (χ2n) is 5.20. The minimum Gasteiger partial charge on any atom is -0.458 e. The molecule has 90 valence electrons. The Hall–Kier alpha value is -1.31. The van der Waals surface area contributed by atoms with Crippen LogP contribution in [0.15, 0.2) is 24.3 Å². The summed E-state index contributed by atoms with van der Waals surface area (Å²) >= 11 is 0. The number of cyclic esters (lactones) is 1. The fourth-order valence-electron chi connectivity index (χ4n) is 3.13. The van der Waals surface area contributed by atoms with E-state index in [1.165, 1.54) is 37.7 Å². The van der Waals surface area contributed by atoms with Gasteiger partial charge in [0, 0.05) is 6.42 Å². The molecule has 1 fully saturated rings. The van der Waals surface area contributed by atoms with Crippen molar-refractivity contribution in [2.75, 3.05) is 0 Å². The molecule has 1 aromatic carbocycles. The second-order valence-corrected chi connectivity index (χ2v) is 5.20. The van der Waals surface area contributed by atoms with E-state index in [1.807, 2.05) is 18.2 Å². The van der Waals surface area contributed by atoms with Crippen LogP contribution in [0.3, 0.4) is 0 Å². The first-order valence-corrected chi connectivity index (χ1v) is 6.63. The Balaban J connectivity index is 1.80. The number of benzene rings is 1. The van der Waals surface area contributed by atoms with Gasteiger partial charge in [0.2, 0.25) is 0 Å². The highest BCUT2D eigenvalue weighted by Crippen LogP contribution is 2.33. The summed E-state index contributed by atoms with van der Waals surface area (Å²) in [5, 5.41) is 0. The van der Waals surface area contributed by atoms with E-state index in [2.05, 4.69) is 6.07 Å². The Morgan fingerprint density at radius 1 is 1.06 bits per heavy atom. The molecule has 1 atom stereocenters. The Labute approximate surface area is 102 Å². The van der Waals surface area contributed by atoms with Crippen LogP contribution in [0.4, 0.5) is 0 Å². The van der Waals surface area contributed by atoms with Crippen molar-refractivity contribution >= 4 is 5.97 Å². The van der Waals surface area contributed by atoms with E-state index >= 15 is 0 Å². The summed E-state index contributed by atoms with van der Waals surface area (Å²) in [6.07, 6.45) is 7.40. The lowest BCUT2D eigenvalue weighted by molar-refractivity contribution is 0.00276. The van der Waals surface area contributed by atoms with Gasteiger partial charge in [-0.1, -0.05) is 37.5 Å². The Bertz CT molecular complexity index is 419. The van der Waals surface area contributed by atoms with Gasteiger partial charge in [-0.25, -0.2) is 4.79 Å². The molecule has 1 aliphatic heterocycles. The number of ether oxygens (including phenoxy) is 1. The molecule has 0 aromatic heterocycles. The normalized spacial score (nSPS) is 25.2. The van der Waals surface area contributed by atoms with Crippen molar-refractivity contribution in [3.8, 4) is 0 Å². The van der Waals surface area contributed by atoms with Crippen molar-refractivity contribution in [2.24, 2.45) is 5.92 Å². The van der Waals surface area contributed by atoms with Crippen molar-refractivity contribution in [3.63, 3.8) is 0 Å². The minimum atomic E-state index is -0.123. The third-order valence-electron chi connectivity index (χ3n) is 4.09. The standard InChI is InChI=1S/C15H18O2/c16-15-13-9-5-4-8-12(13)10-14(17-15)11-6-2-1-3-7-11/h4-5,8-9,11,14H,1-3,6-7,10H2. The Kier molecular flexibility index (Phi) is 2.87. The second kappa shape index (κ2) is 4.52. The van der Waals surface area contributed by atoms with Crippen LogP contribution in [0.2, 0.25) is 0 Å². The summed E-state index contributed by atoms with van der Waals surface area (Å²) in [5.41, 5.74) is 1.93. The largest absolute Gasteiger partial charge is 0.458 e. The van der Waals surface area contributed by atoms with Crippen molar-refractivity contribution in [1.82, 2.24) is 0 Å². The summed E-state index contributed by atoms with van der Waals surface area (Å²) in [4.78, 5) is 11.9. The topological polar surface area (TPSA) is 26.3 Å². The van der Waals surface area contributed by atoms with Crippen molar-refractivity contribution in [2.45, 2.75) is 44.6 Å². The molecular weight excluding hydrogens is 212 g/mol. The average Bonchev–Trinajstić information content (AvgIpc) is 2.40. The first kappa shape index (κ1) is 10.8. The van der Waals surface area contributed by atoms with E-state index in [-0.39, 0.29) is 12.1 Å². The smallest absolute Gasteiger partial charge is 0.338 e. The van der Waals surface area contributed by atoms with Crippen LogP contribution in [0.1, 0.15) is 48.0 Å². The fraction of sp³-hybridized carbons (Fsp3) is 0.533. The van der Waals surface area contributed by atoms with Crippen LogP contribution >= 0.6 is 0 Å². The van der Waals surface area contributed by atoms with Crippen LogP contribution in [0.25, 0.3) is 0 Å². The number of fused-ring (bicyclic) bond motifs is 1. The van der Waals surface area contributed by atoms with Gasteiger partial charge in [-0.2, -0.15) is 0 Å². The molecule has 2 aliphatic rings. The van der Waals surface area contributed by atoms with E-state index in [4.69, 9.17) is 4.74 Å². The average molecular weight is 230 g/mol. The molecule has 0 N–H and O–H groups in total. The molecule has 3 rings (SSSR count). The third kappa shape index (κ3) is 2.08. The minimum absolute atomic E-state index is 0.123. The van der Waals surface area contributed by atoms with Gasteiger partial charge < -0.3 is 4.74 Å². The molecule has 1 heterocycles. The maximum Gasteiger partial charge on any atom is 0.338 e. The zero-order chi connectivity index (χ0) is 11.7. The monoisotopic (exact) mass is 230 g/mol. The number of hydrogen-bond acceptors (Lipinski definition) is 2. The first-order chi connectivity index (χ1) is 8.34. The lowest BCUT2D eigenvalue weighted by Crippen LogP contribution is -2.34. The predicted molar refractivity (Wildman–Crippen MR) is 65.9 cm³/mol. The van der Waals surface area contributed by atoms with Crippen LogP contribution < -0.4 is 0 Å². The van der Waals surface area contributed by atoms with E-state index in [1.54, 1.807) is 0 Å². The maximum absolute atomic E-state index is 11.9. The van der Waals surface area contributed by atoms with Crippen molar-refractivity contribution in [3.05, 3.63) is 35.4 Å². The summed E-state index contributed by atoms with van der Waals surface area (Å²) in [6, 6.07) is 7.84. The molecule has 0 radical (unpaired) electrons. The van der Waals surface area contributed by atoms with Gasteiger partial charge in [-0.15, -0.1) is 0 Å². The highest BCUT2D eigenvalue weighted by Gasteiger charge is 2.32. The van der Waals surface area contributed by atoms with Gasteiger partial charge in [0.25, 0.3) is 0 Å². The molecular formula is C15H18O2. The molecule has 1 aromatic rings. The highest BCUT2D eigenvalue weighted by atomic mass is 16.5. The third-order valence-corrected chi connectivity index (χ3v) is 4.09. The van der Waals surface area contributed by atoms with Crippen LogP contribution in [0.5, 0.6) is 0 Å². The number of esters is 1. The molecule has 17 heavy (non-hydrogen) atoms. The SMILES string of the molecule is O=C1OC(C2CCCCC2)Cc2ccccc21. The molecule has 0 spiro atoms. The molecule has 1 aliphatic carbocycles. The fourth-order valence-corrected chi connectivity index (χ4v) is 3.13. The van der Waals surface area contributed by atoms with Crippen LogP contribution in [0, 0.1) is 5.92 Å². The van der Waals surface area contributed by atoms with Gasteiger partial charge >= 0.3 is 5.97 Å². The number of rotatable bonds is 1. The van der Waals surface area contributed by atoms with Crippen molar-refractivity contribution in [1.29, 1.82) is 0 Å². The highest BCUT2D eigenvalue weighted by molar-refractivity contribution is 5.92. The Morgan fingerprint density at radius 2 is 1.82 bits per heavy atom. The molecule has 1 saturated carbocycles.